The lowest BCUT2D eigenvalue weighted by molar-refractivity contribution is 0.233. The Bertz CT molecular complexity index is 646. The summed E-state index contributed by atoms with van der Waals surface area (Å²) in [6, 6.07) is 6.15. The first-order chi connectivity index (χ1) is 10.3. The van der Waals surface area contributed by atoms with Gasteiger partial charge in [0.1, 0.15) is 6.07 Å². The van der Waals surface area contributed by atoms with Crippen LogP contribution < -0.4 is 5.32 Å². The highest BCUT2D eigenvalue weighted by Crippen LogP contribution is 2.11. The molecular weight excluding hydrogens is 264 g/mol. The van der Waals surface area contributed by atoms with E-state index in [0.717, 1.165) is 44.2 Å². The van der Waals surface area contributed by atoms with Crippen molar-refractivity contribution in [3.05, 3.63) is 41.3 Å². The van der Waals surface area contributed by atoms with Crippen molar-refractivity contribution in [2.45, 2.75) is 13.5 Å². The lowest BCUT2D eigenvalue weighted by Crippen LogP contribution is -2.42. The van der Waals surface area contributed by atoms with E-state index in [-0.39, 0.29) is 0 Å². The van der Waals surface area contributed by atoms with Gasteiger partial charge in [0.05, 0.1) is 17.5 Å². The first kappa shape index (κ1) is 13.7. The van der Waals surface area contributed by atoms with E-state index in [1.54, 1.807) is 10.9 Å². The van der Waals surface area contributed by atoms with Crippen LogP contribution in [0.1, 0.15) is 16.8 Å². The lowest BCUT2D eigenvalue weighted by Gasteiger charge is -2.27. The maximum Gasteiger partial charge on any atom is 0.153 e. The average molecular weight is 282 g/mol. The van der Waals surface area contributed by atoms with Crippen molar-refractivity contribution in [1.29, 1.82) is 5.26 Å². The van der Waals surface area contributed by atoms with Crippen LogP contribution in [0.15, 0.2) is 24.5 Å². The standard InChI is InChI=1S/C15H18N6/c1-12-14(8-16)11-21(19-12)15-3-2-13(9-18-15)10-20-6-4-17-5-7-20/h2-3,9,11,17H,4-7,10H2,1H3. The molecule has 1 saturated heterocycles. The van der Waals surface area contributed by atoms with Gasteiger partial charge in [0.15, 0.2) is 5.82 Å². The van der Waals surface area contributed by atoms with Gasteiger partial charge in [0.2, 0.25) is 0 Å². The Morgan fingerprint density at radius 3 is 2.76 bits per heavy atom. The van der Waals surface area contributed by atoms with Gasteiger partial charge >= 0.3 is 0 Å². The van der Waals surface area contributed by atoms with E-state index < -0.39 is 0 Å². The second-order valence-corrected chi connectivity index (χ2v) is 5.24. The van der Waals surface area contributed by atoms with Crippen LogP contribution in [0.2, 0.25) is 0 Å². The molecule has 0 radical (unpaired) electrons. The van der Waals surface area contributed by atoms with Crippen molar-refractivity contribution >= 4 is 0 Å². The van der Waals surface area contributed by atoms with Gasteiger partial charge in [-0.3, -0.25) is 4.90 Å². The summed E-state index contributed by atoms with van der Waals surface area (Å²) in [5.41, 5.74) is 2.51. The fourth-order valence-electron chi connectivity index (χ4n) is 2.46. The predicted octanol–water partition coefficient (Wildman–Crippen LogP) is 0.853. The Morgan fingerprint density at radius 1 is 1.33 bits per heavy atom. The third kappa shape index (κ3) is 3.10. The van der Waals surface area contributed by atoms with Crippen LogP contribution in [0.4, 0.5) is 0 Å². The number of piperazine rings is 1. The fraction of sp³-hybridized carbons (Fsp3) is 0.400. The Hall–Kier alpha value is -2.23. The molecule has 1 aliphatic rings. The second kappa shape index (κ2) is 6.04. The normalized spacial score (nSPS) is 15.8. The molecule has 0 unspecified atom stereocenters. The number of nitrogens with zero attached hydrogens (tertiary/aromatic N) is 5. The number of pyridine rings is 1. The van der Waals surface area contributed by atoms with Gasteiger partial charge < -0.3 is 5.32 Å². The SMILES string of the molecule is Cc1nn(-c2ccc(CN3CCNCC3)cn2)cc1C#N. The average Bonchev–Trinajstić information content (AvgIpc) is 2.90. The molecule has 0 aliphatic carbocycles. The summed E-state index contributed by atoms with van der Waals surface area (Å²) in [6.45, 7) is 7.01. The van der Waals surface area contributed by atoms with Gasteiger partial charge in [-0.25, -0.2) is 9.67 Å². The zero-order valence-corrected chi connectivity index (χ0v) is 12.1. The van der Waals surface area contributed by atoms with Crippen LogP contribution in [0.25, 0.3) is 5.82 Å². The molecule has 0 atom stereocenters. The van der Waals surface area contributed by atoms with Gasteiger partial charge in [-0.15, -0.1) is 0 Å². The van der Waals surface area contributed by atoms with Gasteiger partial charge in [-0.05, 0) is 18.6 Å². The quantitative estimate of drug-likeness (QED) is 0.904. The maximum absolute atomic E-state index is 8.97. The molecule has 6 nitrogen and oxygen atoms in total. The summed E-state index contributed by atoms with van der Waals surface area (Å²) in [5.74, 6) is 0.740. The highest BCUT2D eigenvalue weighted by atomic mass is 15.3. The number of nitriles is 1. The molecule has 6 heteroatoms. The molecule has 1 fully saturated rings. The zero-order chi connectivity index (χ0) is 14.7. The van der Waals surface area contributed by atoms with Crippen LogP contribution in [0, 0.1) is 18.3 Å². The van der Waals surface area contributed by atoms with E-state index in [0.29, 0.717) is 5.56 Å². The Morgan fingerprint density at radius 2 is 2.14 bits per heavy atom. The lowest BCUT2D eigenvalue weighted by atomic mass is 10.2. The fourth-order valence-corrected chi connectivity index (χ4v) is 2.46. The van der Waals surface area contributed by atoms with E-state index in [4.69, 9.17) is 5.26 Å². The van der Waals surface area contributed by atoms with Gasteiger partial charge in [0.25, 0.3) is 0 Å². The van der Waals surface area contributed by atoms with Crippen LogP contribution in [-0.4, -0.2) is 45.8 Å². The minimum absolute atomic E-state index is 0.585. The predicted molar refractivity (Wildman–Crippen MR) is 79.0 cm³/mol. The van der Waals surface area contributed by atoms with Crippen LogP contribution in [0.3, 0.4) is 0 Å². The summed E-state index contributed by atoms with van der Waals surface area (Å²) < 4.78 is 1.66. The molecule has 0 bridgehead atoms. The number of hydrogen-bond acceptors (Lipinski definition) is 5. The summed E-state index contributed by atoms with van der Waals surface area (Å²) in [6.07, 6.45) is 3.61. The summed E-state index contributed by atoms with van der Waals surface area (Å²) in [5, 5.41) is 16.6. The molecule has 3 heterocycles. The molecule has 3 rings (SSSR count). The smallest absolute Gasteiger partial charge is 0.153 e. The third-order valence-electron chi connectivity index (χ3n) is 3.68. The van der Waals surface area contributed by atoms with E-state index in [9.17, 15) is 0 Å². The van der Waals surface area contributed by atoms with E-state index >= 15 is 0 Å². The minimum Gasteiger partial charge on any atom is -0.314 e. The Balaban J connectivity index is 1.72. The Labute approximate surface area is 124 Å². The molecule has 2 aromatic rings. The number of nitrogens with one attached hydrogen (secondary N) is 1. The molecule has 1 N–H and O–H groups in total. The first-order valence-corrected chi connectivity index (χ1v) is 7.11. The molecule has 0 amide bonds. The van der Waals surface area contributed by atoms with Crippen molar-refractivity contribution in [3.8, 4) is 11.9 Å². The van der Waals surface area contributed by atoms with Crippen molar-refractivity contribution in [2.24, 2.45) is 0 Å². The van der Waals surface area contributed by atoms with Gasteiger partial charge in [-0.1, -0.05) is 6.07 Å². The zero-order valence-electron chi connectivity index (χ0n) is 12.1. The van der Waals surface area contributed by atoms with Crippen molar-refractivity contribution in [1.82, 2.24) is 25.0 Å². The number of aryl methyl sites for hydroxylation is 1. The van der Waals surface area contributed by atoms with E-state index in [1.807, 2.05) is 19.2 Å². The Kier molecular flexibility index (Phi) is 3.95. The van der Waals surface area contributed by atoms with Crippen molar-refractivity contribution < 1.29 is 0 Å². The summed E-state index contributed by atoms with van der Waals surface area (Å²) >= 11 is 0. The van der Waals surface area contributed by atoms with E-state index in [1.165, 1.54) is 5.56 Å². The molecule has 0 spiro atoms. The maximum atomic E-state index is 8.97. The third-order valence-corrected chi connectivity index (χ3v) is 3.68. The second-order valence-electron chi connectivity index (χ2n) is 5.24. The van der Waals surface area contributed by atoms with Gasteiger partial charge in [0, 0.05) is 38.9 Å². The monoisotopic (exact) mass is 282 g/mol. The largest absolute Gasteiger partial charge is 0.314 e. The number of rotatable bonds is 3. The van der Waals surface area contributed by atoms with Gasteiger partial charge in [-0.2, -0.15) is 10.4 Å². The highest BCUT2D eigenvalue weighted by molar-refractivity contribution is 5.34. The summed E-state index contributed by atoms with van der Waals surface area (Å²) in [4.78, 5) is 6.87. The highest BCUT2D eigenvalue weighted by Gasteiger charge is 2.11. The molecule has 2 aromatic heterocycles. The van der Waals surface area contributed by atoms with Crippen molar-refractivity contribution in [2.75, 3.05) is 26.2 Å². The number of aromatic nitrogens is 3. The molecule has 0 saturated carbocycles. The van der Waals surface area contributed by atoms with Crippen LogP contribution in [-0.2, 0) is 6.54 Å². The van der Waals surface area contributed by atoms with Crippen molar-refractivity contribution in [3.63, 3.8) is 0 Å². The number of hydrogen-bond donors (Lipinski definition) is 1. The van der Waals surface area contributed by atoms with E-state index in [2.05, 4.69) is 32.4 Å². The topological polar surface area (TPSA) is 69.8 Å². The minimum atomic E-state index is 0.585. The van der Waals surface area contributed by atoms with Crippen LogP contribution >= 0.6 is 0 Å². The molecule has 108 valence electrons. The first-order valence-electron chi connectivity index (χ1n) is 7.11. The molecular formula is C15H18N6. The summed E-state index contributed by atoms with van der Waals surface area (Å²) in [7, 11) is 0. The molecule has 1 aliphatic heterocycles. The van der Waals surface area contributed by atoms with Crippen LogP contribution in [0.5, 0.6) is 0 Å². The molecule has 21 heavy (non-hydrogen) atoms. The molecule has 0 aromatic carbocycles.